The van der Waals surface area contributed by atoms with Gasteiger partial charge in [-0.3, -0.25) is 0 Å². The molecule has 0 aliphatic carbocycles. The normalized spacial score (nSPS) is 9.85. The molecular weight excluding hydrogens is 279 g/mol. The average molecular weight is 291 g/mol. The van der Waals surface area contributed by atoms with Crippen LogP contribution < -0.4 is 10.1 Å². The molecule has 5 heteroatoms. The van der Waals surface area contributed by atoms with E-state index in [1.807, 2.05) is 18.2 Å². The van der Waals surface area contributed by atoms with Crippen molar-refractivity contribution in [2.45, 2.75) is 6.54 Å². The number of halogens is 2. The summed E-state index contributed by atoms with van der Waals surface area (Å²) in [7, 11) is 0. The van der Waals surface area contributed by atoms with Gasteiger partial charge in [0.05, 0.1) is 0 Å². The van der Waals surface area contributed by atoms with Gasteiger partial charge in [0.1, 0.15) is 17.6 Å². The van der Waals surface area contributed by atoms with Crippen molar-refractivity contribution in [1.29, 1.82) is 5.26 Å². The van der Waals surface area contributed by atoms with Gasteiger partial charge >= 0.3 is 0 Å². The zero-order valence-electron chi connectivity index (χ0n) is 10.6. The van der Waals surface area contributed by atoms with E-state index in [1.165, 1.54) is 12.1 Å². The molecule has 0 amide bonds. The Labute approximate surface area is 121 Å². The van der Waals surface area contributed by atoms with Crippen LogP contribution in [-0.4, -0.2) is 6.61 Å². The Bertz CT molecular complexity index is 640. The van der Waals surface area contributed by atoms with E-state index >= 15 is 0 Å². The number of rotatable bonds is 5. The number of nitrogens with one attached hydrogen (secondary N) is 1. The highest BCUT2D eigenvalue weighted by molar-refractivity contribution is 6.31. The van der Waals surface area contributed by atoms with Gasteiger partial charge in [-0.2, -0.15) is 5.26 Å². The largest absolute Gasteiger partial charge is 0.479 e. The minimum absolute atomic E-state index is 0.00719. The predicted octanol–water partition coefficient (Wildman–Crippen LogP) is 3.99. The number of anilines is 1. The lowest BCUT2D eigenvalue weighted by Gasteiger charge is -2.09. The second-order valence-electron chi connectivity index (χ2n) is 4.06. The van der Waals surface area contributed by atoms with Gasteiger partial charge in [-0.25, -0.2) is 4.39 Å². The first-order valence-electron chi connectivity index (χ1n) is 5.96. The first kappa shape index (κ1) is 14.2. The van der Waals surface area contributed by atoms with E-state index in [2.05, 4.69) is 5.32 Å². The molecule has 0 saturated heterocycles. The minimum Gasteiger partial charge on any atom is -0.479 e. The molecule has 0 bridgehead atoms. The third-order valence-corrected chi connectivity index (χ3v) is 2.99. The second-order valence-corrected chi connectivity index (χ2v) is 4.47. The van der Waals surface area contributed by atoms with Crippen molar-refractivity contribution in [2.75, 3.05) is 11.9 Å². The molecule has 0 heterocycles. The van der Waals surface area contributed by atoms with Gasteiger partial charge in [0, 0.05) is 23.3 Å². The van der Waals surface area contributed by atoms with Crippen LogP contribution in [0.2, 0.25) is 5.02 Å². The number of nitrogens with zero attached hydrogens (tertiary/aromatic N) is 1. The minimum atomic E-state index is -0.356. The fourth-order valence-electron chi connectivity index (χ4n) is 1.67. The van der Waals surface area contributed by atoms with Crippen molar-refractivity contribution in [1.82, 2.24) is 0 Å². The summed E-state index contributed by atoms with van der Waals surface area (Å²) in [4.78, 5) is 0. The zero-order valence-corrected chi connectivity index (χ0v) is 11.3. The third kappa shape index (κ3) is 3.87. The van der Waals surface area contributed by atoms with Gasteiger partial charge < -0.3 is 10.1 Å². The van der Waals surface area contributed by atoms with E-state index in [1.54, 1.807) is 18.2 Å². The Kier molecular flexibility index (Phi) is 4.80. The highest BCUT2D eigenvalue weighted by Crippen LogP contribution is 2.21. The van der Waals surface area contributed by atoms with Gasteiger partial charge in [0.25, 0.3) is 0 Å². The van der Waals surface area contributed by atoms with Gasteiger partial charge in [0.2, 0.25) is 0 Å². The number of ether oxygens (including phenoxy) is 1. The number of hydrogen-bond acceptors (Lipinski definition) is 3. The number of benzene rings is 2. The van der Waals surface area contributed by atoms with Crippen molar-refractivity contribution < 1.29 is 9.13 Å². The SMILES string of the molecule is N#CCOc1cccc(NCc2ccc(F)cc2Cl)c1. The molecule has 2 aromatic carbocycles. The Morgan fingerprint density at radius 2 is 2.10 bits per heavy atom. The molecule has 0 aliphatic heterocycles. The van der Waals surface area contributed by atoms with Crippen LogP contribution in [0.5, 0.6) is 5.75 Å². The van der Waals surface area contributed by atoms with Gasteiger partial charge in [-0.15, -0.1) is 0 Å². The maximum Gasteiger partial charge on any atom is 0.174 e. The van der Waals surface area contributed by atoms with Crippen LogP contribution in [0.25, 0.3) is 0 Å². The molecular formula is C15H12ClFN2O. The summed E-state index contributed by atoms with van der Waals surface area (Å²) in [6.45, 7) is 0.480. The smallest absolute Gasteiger partial charge is 0.174 e. The van der Waals surface area contributed by atoms with Crippen LogP contribution in [-0.2, 0) is 6.54 Å². The molecule has 2 rings (SSSR count). The van der Waals surface area contributed by atoms with Crippen molar-refractivity contribution >= 4 is 17.3 Å². The summed E-state index contributed by atoms with van der Waals surface area (Å²) in [5.74, 6) is 0.257. The Balaban J connectivity index is 2.01. The monoisotopic (exact) mass is 290 g/mol. The first-order chi connectivity index (χ1) is 9.69. The van der Waals surface area contributed by atoms with Crippen molar-refractivity contribution in [2.24, 2.45) is 0 Å². The Hall–Kier alpha value is -2.25. The predicted molar refractivity (Wildman–Crippen MR) is 76.3 cm³/mol. The summed E-state index contributed by atoms with van der Waals surface area (Å²) >= 11 is 5.95. The van der Waals surface area contributed by atoms with Gasteiger partial charge in [-0.1, -0.05) is 23.7 Å². The van der Waals surface area contributed by atoms with Crippen molar-refractivity contribution in [3.8, 4) is 11.8 Å². The van der Waals surface area contributed by atoms with Crippen LogP contribution in [0.3, 0.4) is 0 Å². The van der Waals surface area contributed by atoms with Crippen LogP contribution in [0.4, 0.5) is 10.1 Å². The van der Waals surface area contributed by atoms with Gasteiger partial charge in [-0.05, 0) is 29.8 Å². The molecule has 1 N–H and O–H groups in total. The lowest BCUT2D eigenvalue weighted by atomic mass is 10.2. The van der Waals surface area contributed by atoms with E-state index in [-0.39, 0.29) is 12.4 Å². The molecule has 102 valence electrons. The lowest BCUT2D eigenvalue weighted by molar-refractivity contribution is 0.368. The molecule has 0 spiro atoms. The Morgan fingerprint density at radius 3 is 2.85 bits per heavy atom. The summed E-state index contributed by atoms with van der Waals surface area (Å²) in [5, 5.41) is 12.0. The molecule has 0 unspecified atom stereocenters. The van der Waals surface area contributed by atoms with Gasteiger partial charge in [0.15, 0.2) is 6.61 Å². The lowest BCUT2D eigenvalue weighted by Crippen LogP contribution is -2.01. The molecule has 0 atom stereocenters. The number of nitriles is 1. The number of hydrogen-bond donors (Lipinski definition) is 1. The van der Waals surface area contributed by atoms with E-state index in [9.17, 15) is 4.39 Å². The Morgan fingerprint density at radius 1 is 1.25 bits per heavy atom. The summed E-state index contributed by atoms with van der Waals surface area (Å²) in [6.07, 6.45) is 0. The average Bonchev–Trinajstić information content (AvgIpc) is 2.45. The molecule has 0 saturated carbocycles. The molecule has 0 aromatic heterocycles. The summed E-state index contributed by atoms with van der Waals surface area (Å²) in [6, 6.07) is 13.5. The fraction of sp³-hybridized carbons (Fsp3) is 0.133. The van der Waals surface area contributed by atoms with Crippen LogP contribution in [0.1, 0.15) is 5.56 Å². The maximum absolute atomic E-state index is 12.9. The highest BCUT2D eigenvalue weighted by atomic mass is 35.5. The molecule has 0 fully saturated rings. The van der Waals surface area contributed by atoms with Crippen LogP contribution in [0.15, 0.2) is 42.5 Å². The highest BCUT2D eigenvalue weighted by Gasteiger charge is 2.02. The summed E-state index contributed by atoms with van der Waals surface area (Å²) in [5.41, 5.74) is 1.64. The van der Waals surface area contributed by atoms with Crippen LogP contribution in [0, 0.1) is 17.1 Å². The van der Waals surface area contributed by atoms with E-state index in [0.29, 0.717) is 17.3 Å². The van der Waals surface area contributed by atoms with Crippen molar-refractivity contribution in [3.05, 3.63) is 58.9 Å². The van der Waals surface area contributed by atoms with Crippen LogP contribution >= 0.6 is 11.6 Å². The fourth-order valence-corrected chi connectivity index (χ4v) is 1.91. The maximum atomic E-state index is 12.9. The molecule has 0 aliphatic rings. The van der Waals surface area contributed by atoms with E-state index in [4.69, 9.17) is 21.6 Å². The molecule has 20 heavy (non-hydrogen) atoms. The zero-order chi connectivity index (χ0) is 14.4. The van der Waals surface area contributed by atoms with E-state index in [0.717, 1.165) is 11.3 Å². The quantitative estimate of drug-likeness (QED) is 0.905. The molecule has 3 nitrogen and oxygen atoms in total. The summed E-state index contributed by atoms with van der Waals surface area (Å²) < 4.78 is 18.1. The molecule has 0 radical (unpaired) electrons. The topological polar surface area (TPSA) is 45.0 Å². The standard InChI is InChI=1S/C15H12ClFN2O/c16-15-8-12(17)5-4-11(15)10-19-13-2-1-3-14(9-13)20-7-6-18/h1-5,8-9,19H,7,10H2. The molecule has 2 aromatic rings. The van der Waals surface area contributed by atoms with Crippen molar-refractivity contribution in [3.63, 3.8) is 0 Å². The second kappa shape index (κ2) is 6.78. The van der Waals surface area contributed by atoms with E-state index < -0.39 is 0 Å². The third-order valence-electron chi connectivity index (χ3n) is 2.64. The first-order valence-corrected chi connectivity index (χ1v) is 6.34.